The Morgan fingerprint density at radius 3 is 2.14 bits per heavy atom. The van der Waals surface area contributed by atoms with E-state index in [2.05, 4.69) is 20.9 Å². The largest absolute Gasteiger partial charge is 0.444 e. The molecule has 0 spiro atoms. The van der Waals surface area contributed by atoms with Gasteiger partial charge in [0.2, 0.25) is 0 Å². The number of ether oxygens (including phenoxy) is 1. The number of nitrogens with one attached hydrogen (secondary N) is 3. The number of alkyl carbamates (subject to hydrolysis) is 1. The second-order valence-corrected chi connectivity index (χ2v) is 11.6. The van der Waals surface area contributed by atoms with Crippen LogP contribution in [0, 0.1) is 0 Å². The molecule has 4 rings (SSSR count). The maximum Gasteiger partial charge on any atom is 0.408 e. The Bertz CT molecular complexity index is 905. The van der Waals surface area contributed by atoms with E-state index in [4.69, 9.17) is 16.3 Å². The number of fused-ring (bicyclic) bond motifs is 3. The number of amides is 2. The highest BCUT2D eigenvalue weighted by Crippen LogP contribution is 2.48. The smallest absolute Gasteiger partial charge is 0.408 e. The molecule has 1 unspecified atom stereocenters. The lowest BCUT2D eigenvalue weighted by molar-refractivity contribution is -0.00179. The molecule has 204 valence electrons. The molecule has 3 fully saturated rings. The van der Waals surface area contributed by atoms with Gasteiger partial charge in [-0.1, -0.05) is 25.4 Å². The molecule has 2 bridgehead atoms. The Kier molecular flexibility index (Phi) is 9.62. The molecule has 3 aliphatic carbocycles. The van der Waals surface area contributed by atoms with Crippen LogP contribution in [0.5, 0.6) is 0 Å². The van der Waals surface area contributed by atoms with E-state index < -0.39 is 29.4 Å². The number of rotatable bonds is 7. The first-order valence-electron chi connectivity index (χ1n) is 12.7. The van der Waals surface area contributed by atoms with Crippen LogP contribution in [0.25, 0.3) is 0 Å². The summed E-state index contributed by atoms with van der Waals surface area (Å²) in [6.45, 7) is 11.9. The maximum atomic E-state index is 14.1. The van der Waals surface area contributed by atoms with Crippen LogP contribution in [0.3, 0.4) is 0 Å². The van der Waals surface area contributed by atoms with Crippen molar-refractivity contribution in [3.05, 3.63) is 23.0 Å². The van der Waals surface area contributed by atoms with Crippen LogP contribution in [0.2, 0.25) is 5.15 Å². The lowest BCUT2D eigenvalue weighted by atomic mass is 9.61. The van der Waals surface area contributed by atoms with Crippen LogP contribution in [0.15, 0.2) is 12.3 Å². The van der Waals surface area contributed by atoms with E-state index >= 15 is 0 Å². The van der Waals surface area contributed by atoms with Crippen molar-refractivity contribution in [2.75, 3.05) is 11.9 Å². The molecule has 0 radical (unpaired) electrons. The second-order valence-electron chi connectivity index (χ2n) is 11.2. The molecule has 10 heteroatoms. The van der Waals surface area contributed by atoms with E-state index in [1.165, 1.54) is 20.0 Å². The van der Waals surface area contributed by atoms with Gasteiger partial charge in [0.1, 0.15) is 16.9 Å². The van der Waals surface area contributed by atoms with Gasteiger partial charge in [-0.05, 0) is 79.2 Å². The number of alkyl halides is 1. The van der Waals surface area contributed by atoms with Crippen molar-refractivity contribution in [3.63, 3.8) is 0 Å². The topological polar surface area (TPSA) is 113 Å². The molecule has 2 amide bonds. The summed E-state index contributed by atoms with van der Waals surface area (Å²) < 4.78 is 19.6. The number of pyridine rings is 1. The normalized spacial score (nSPS) is 24.2. The summed E-state index contributed by atoms with van der Waals surface area (Å²) >= 11 is 6.12. The number of hydrogen-bond donors (Lipinski definition) is 4. The minimum absolute atomic E-state index is 0.239. The van der Waals surface area contributed by atoms with E-state index in [1.54, 1.807) is 6.07 Å². The van der Waals surface area contributed by atoms with Crippen LogP contribution in [-0.2, 0) is 4.74 Å². The van der Waals surface area contributed by atoms with Gasteiger partial charge >= 0.3 is 6.09 Å². The van der Waals surface area contributed by atoms with Gasteiger partial charge in [0, 0.05) is 17.3 Å². The maximum absolute atomic E-state index is 14.1. The molecule has 1 heterocycles. The molecule has 0 saturated heterocycles. The number of nitrogens with zero attached hydrogens (tertiary/aromatic N) is 1. The minimum atomic E-state index is -1.62. The standard InChI is InChI=1S/C24H36ClFN4O4.C2H6/c1-21(2,3)34-20(32)30-24-9-6-23(7-10-24,8-11-24)29-16-12-18(25)27-13-15(16)19(31)28-14-17(26)22(4,5)33;1-2/h12-13,17,33H,6-11,14H2,1-5H3,(H,27,29)(H,28,31)(H,30,32);1-2H3. The number of carbonyl (C=O) groups excluding carboxylic acids is 2. The number of aromatic nitrogens is 1. The molecule has 1 aromatic rings. The zero-order valence-corrected chi connectivity index (χ0v) is 23.3. The molecule has 3 aliphatic rings. The third-order valence-corrected chi connectivity index (χ3v) is 6.94. The Balaban J connectivity index is 0.00000222. The lowest BCUT2D eigenvalue weighted by Gasteiger charge is -2.54. The molecular weight excluding hydrogens is 487 g/mol. The number of halogens is 2. The molecule has 4 N–H and O–H groups in total. The third-order valence-electron chi connectivity index (χ3n) is 6.74. The predicted octanol–water partition coefficient (Wildman–Crippen LogP) is 5.38. The first-order valence-corrected chi connectivity index (χ1v) is 13.1. The van der Waals surface area contributed by atoms with Gasteiger partial charge in [0.15, 0.2) is 0 Å². The number of carbonyl (C=O) groups is 2. The van der Waals surface area contributed by atoms with E-state index in [9.17, 15) is 19.1 Å². The van der Waals surface area contributed by atoms with Crippen LogP contribution >= 0.6 is 11.6 Å². The van der Waals surface area contributed by atoms with E-state index in [1.807, 2.05) is 34.6 Å². The van der Waals surface area contributed by atoms with Crippen LogP contribution in [-0.4, -0.2) is 57.1 Å². The van der Waals surface area contributed by atoms with Crippen molar-refractivity contribution in [1.29, 1.82) is 0 Å². The first-order chi connectivity index (χ1) is 16.6. The summed E-state index contributed by atoms with van der Waals surface area (Å²) in [4.78, 5) is 29.2. The Morgan fingerprint density at radius 1 is 1.11 bits per heavy atom. The number of aliphatic hydroxyl groups is 1. The van der Waals surface area contributed by atoms with E-state index in [-0.39, 0.29) is 28.3 Å². The minimum Gasteiger partial charge on any atom is -0.444 e. The highest BCUT2D eigenvalue weighted by molar-refractivity contribution is 6.29. The van der Waals surface area contributed by atoms with Gasteiger partial charge in [-0.3, -0.25) is 4.79 Å². The van der Waals surface area contributed by atoms with Crippen molar-refractivity contribution in [2.45, 2.75) is 115 Å². The molecule has 36 heavy (non-hydrogen) atoms. The molecule has 1 atom stereocenters. The van der Waals surface area contributed by atoms with Crippen LogP contribution in [0.4, 0.5) is 14.9 Å². The quantitative estimate of drug-likeness (QED) is 0.353. The average molecular weight is 529 g/mol. The van der Waals surface area contributed by atoms with Gasteiger partial charge in [0.05, 0.1) is 23.4 Å². The van der Waals surface area contributed by atoms with Gasteiger partial charge in [-0.25, -0.2) is 14.2 Å². The summed E-state index contributed by atoms with van der Waals surface area (Å²) in [5, 5.41) is 19.2. The summed E-state index contributed by atoms with van der Waals surface area (Å²) in [7, 11) is 0. The fourth-order valence-electron chi connectivity index (χ4n) is 4.61. The zero-order chi connectivity index (χ0) is 27.4. The first kappa shape index (κ1) is 30.1. The van der Waals surface area contributed by atoms with Gasteiger partial charge < -0.3 is 25.8 Å². The average Bonchev–Trinajstić information content (AvgIpc) is 2.78. The Labute approximate surface area is 219 Å². The zero-order valence-electron chi connectivity index (χ0n) is 22.6. The Hall–Kier alpha value is -2.13. The molecule has 0 aliphatic heterocycles. The third kappa shape index (κ3) is 7.93. The van der Waals surface area contributed by atoms with Gasteiger partial charge in [-0.2, -0.15) is 0 Å². The van der Waals surface area contributed by atoms with Gasteiger partial charge in [0.25, 0.3) is 5.91 Å². The highest BCUT2D eigenvalue weighted by atomic mass is 35.5. The fraction of sp³-hybridized carbons (Fsp3) is 0.731. The lowest BCUT2D eigenvalue weighted by Crippen LogP contribution is -2.61. The number of anilines is 1. The number of hydrogen-bond acceptors (Lipinski definition) is 6. The summed E-state index contributed by atoms with van der Waals surface area (Å²) in [5.74, 6) is -0.498. The molecule has 8 nitrogen and oxygen atoms in total. The molecular formula is C26H42ClFN4O4. The summed E-state index contributed by atoms with van der Waals surface area (Å²) in [6.07, 6.45) is 4.12. The second kappa shape index (κ2) is 11.5. The van der Waals surface area contributed by atoms with Crippen molar-refractivity contribution in [3.8, 4) is 0 Å². The van der Waals surface area contributed by atoms with Crippen molar-refractivity contribution >= 4 is 29.3 Å². The fourth-order valence-corrected chi connectivity index (χ4v) is 4.77. The van der Waals surface area contributed by atoms with Crippen molar-refractivity contribution in [2.24, 2.45) is 0 Å². The van der Waals surface area contributed by atoms with Gasteiger partial charge in [-0.15, -0.1) is 0 Å². The van der Waals surface area contributed by atoms with E-state index in [0.717, 1.165) is 38.5 Å². The molecule has 0 aromatic carbocycles. The summed E-state index contributed by atoms with van der Waals surface area (Å²) in [6, 6.07) is 1.60. The Morgan fingerprint density at radius 2 is 1.64 bits per heavy atom. The van der Waals surface area contributed by atoms with Crippen molar-refractivity contribution in [1.82, 2.24) is 15.6 Å². The highest BCUT2D eigenvalue weighted by Gasteiger charge is 2.50. The van der Waals surface area contributed by atoms with Crippen LogP contribution < -0.4 is 16.0 Å². The van der Waals surface area contributed by atoms with E-state index in [0.29, 0.717) is 5.69 Å². The van der Waals surface area contributed by atoms with Crippen molar-refractivity contribution < 1.29 is 23.8 Å². The monoisotopic (exact) mass is 528 g/mol. The predicted molar refractivity (Wildman–Crippen MR) is 140 cm³/mol. The summed E-state index contributed by atoms with van der Waals surface area (Å²) in [5.41, 5.74) is -1.85. The van der Waals surface area contributed by atoms with Crippen LogP contribution in [0.1, 0.15) is 97.3 Å². The SMILES string of the molecule is CC.CC(C)(C)OC(=O)NC12CCC(Nc3cc(Cl)ncc3C(=O)NCC(F)C(C)(C)O)(CC1)CC2. The molecule has 3 saturated carbocycles. The molecule has 1 aromatic heterocycles.